The molecule has 0 aliphatic rings. The molecule has 0 heterocycles. The fraction of sp³-hybridized carbons (Fsp3) is 1.00. The van der Waals surface area contributed by atoms with Crippen LogP contribution >= 0.6 is 12.8 Å². The molecule has 0 amide bonds. The minimum absolute atomic E-state index is 0.346. The maximum atomic E-state index is 5.07. The average molecular weight is 135 g/mol. The Bertz CT molecular complexity index is 51.7. The number of hydrogen-bond donors (Lipinski definition) is 2. The maximum Gasteiger partial charge on any atom is 0.0625 e. The normalized spacial score (nSPS) is 13.9. The van der Waals surface area contributed by atoms with Gasteiger partial charge in [0.15, 0.2) is 0 Å². The molecule has 50 valence electrons. The first-order valence-electron chi connectivity index (χ1n) is 2.78. The zero-order valence-electron chi connectivity index (χ0n) is 5.35. The highest BCUT2D eigenvalue weighted by molar-refractivity contribution is 7.78. The lowest BCUT2D eigenvalue weighted by atomic mass is 10.4. The molecule has 0 aromatic heterocycles. The molecule has 0 aliphatic carbocycles. The third kappa shape index (κ3) is 4.43. The Kier molecular flexibility index (Phi) is 5.59. The summed E-state index contributed by atoms with van der Waals surface area (Å²) < 4.78 is 7.84. The second-order valence-electron chi connectivity index (χ2n) is 1.69. The molecule has 0 aromatic rings. The summed E-state index contributed by atoms with van der Waals surface area (Å²) in [7, 11) is 0. The van der Waals surface area contributed by atoms with Gasteiger partial charge >= 0.3 is 0 Å². The first-order valence-corrected chi connectivity index (χ1v) is 3.23. The van der Waals surface area contributed by atoms with E-state index < -0.39 is 0 Å². The Balaban J connectivity index is 2.86. The fourth-order valence-corrected chi connectivity index (χ4v) is 0.406. The Morgan fingerprint density at radius 3 is 2.75 bits per heavy atom. The molecule has 1 N–H and O–H groups in total. The van der Waals surface area contributed by atoms with Crippen molar-refractivity contribution in [3.05, 3.63) is 0 Å². The summed E-state index contributed by atoms with van der Waals surface area (Å²) >= 11 is 3.86. The van der Waals surface area contributed by atoms with Gasteiger partial charge in [-0.25, -0.2) is 0 Å². The van der Waals surface area contributed by atoms with Gasteiger partial charge in [0, 0.05) is 12.6 Å². The van der Waals surface area contributed by atoms with Crippen molar-refractivity contribution in [2.45, 2.75) is 19.9 Å². The van der Waals surface area contributed by atoms with Crippen molar-refractivity contribution in [2.24, 2.45) is 0 Å². The lowest BCUT2D eigenvalue weighted by molar-refractivity contribution is 0.134. The van der Waals surface area contributed by atoms with E-state index >= 15 is 0 Å². The highest BCUT2D eigenvalue weighted by Gasteiger charge is 1.94. The van der Waals surface area contributed by atoms with Crippen molar-refractivity contribution >= 4 is 12.8 Å². The van der Waals surface area contributed by atoms with Crippen molar-refractivity contribution in [2.75, 3.05) is 13.2 Å². The van der Waals surface area contributed by atoms with Gasteiger partial charge in [0.1, 0.15) is 0 Å². The molecular formula is C5H13NOS. The number of thiol groups is 1. The molecule has 0 fully saturated rings. The van der Waals surface area contributed by atoms with Crippen LogP contribution in [0.25, 0.3) is 0 Å². The van der Waals surface area contributed by atoms with E-state index in [4.69, 9.17) is 4.74 Å². The van der Waals surface area contributed by atoms with Crippen LogP contribution in [0.4, 0.5) is 0 Å². The summed E-state index contributed by atoms with van der Waals surface area (Å²) in [4.78, 5) is 0. The highest BCUT2D eigenvalue weighted by Crippen LogP contribution is 1.83. The van der Waals surface area contributed by atoms with Gasteiger partial charge in [-0.2, -0.15) is 0 Å². The molecule has 0 saturated heterocycles. The molecule has 0 unspecified atom stereocenters. The van der Waals surface area contributed by atoms with Crippen LogP contribution in [-0.2, 0) is 4.74 Å². The third-order valence-corrected chi connectivity index (χ3v) is 1.23. The van der Waals surface area contributed by atoms with E-state index in [0.717, 1.165) is 13.2 Å². The van der Waals surface area contributed by atoms with Crippen molar-refractivity contribution in [3.8, 4) is 0 Å². The van der Waals surface area contributed by atoms with Crippen molar-refractivity contribution in [1.29, 1.82) is 0 Å². The van der Waals surface area contributed by atoms with Gasteiger partial charge in [0.2, 0.25) is 0 Å². The van der Waals surface area contributed by atoms with E-state index in [2.05, 4.69) is 17.5 Å². The molecule has 0 spiro atoms. The Morgan fingerprint density at radius 2 is 2.38 bits per heavy atom. The highest BCUT2D eigenvalue weighted by atomic mass is 32.1. The van der Waals surface area contributed by atoms with Gasteiger partial charge in [-0.05, 0) is 13.8 Å². The van der Waals surface area contributed by atoms with Crippen molar-refractivity contribution in [3.63, 3.8) is 0 Å². The monoisotopic (exact) mass is 135 g/mol. The smallest absolute Gasteiger partial charge is 0.0625 e. The minimum atomic E-state index is 0.346. The van der Waals surface area contributed by atoms with E-state index in [-0.39, 0.29) is 0 Å². The SMILES string of the molecule is CCOC[C@H](C)NS. The van der Waals surface area contributed by atoms with Crippen LogP contribution in [-0.4, -0.2) is 19.3 Å². The maximum absolute atomic E-state index is 5.07. The largest absolute Gasteiger partial charge is 0.380 e. The summed E-state index contributed by atoms with van der Waals surface area (Å²) in [5, 5.41) is 0. The molecule has 1 atom stereocenters. The molecule has 0 radical (unpaired) electrons. The van der Waals surface area contributed by atoms with Crippen LogP contribution in [0.3, 0.4) is 0 Å². The second kappa shape index (κ2) is 5.41. The van der Waals surface area contributed by atoms with Crippen LogP contribution < -0.4 is 4.72 Å². The number of ether oxygens (including phenoxy) is 1. The third-order valence-electron chi connectivity index (χ3n) is 0.792. The zero-order valence-corrected chi connectivity index (χ0v) is 6.24. The van der Waals surface area contributed by atoms with Gasteiger partial charge in [0.05, 0.1) is 6.61 Å². The first kappa shape index (κ1) is 8.27. The summed E-state index contributed by atoms with van der Waals surface area (Å²) in [6, 6.07) is 0.346. The van der Waals surface area contributed by atoms with Crippen LogP contribution in [0, 0.1) is 0 Å². The molecular weight excluding hydrogens is 122 g/mol. The molecule has 2 nitrogen and oxygen atoms in total. The predicted molar refractivity (Wildman–Crippen MR) is 38.1 cm³/mol. The fourth-order valence-electron chi connectivity index (χ4n) is 0.332. The average Bonchev–Trinajstić information content (AvgIpc) is 1.83. The predicted octanol–water partition coefficient (Wildman–Crippen LogP) is 0.846. The lowest BCUT2D eigenvalue weighted by Crippen LogP contribution is -2.22. The van der Waals surface area contributed by atoms with E-state index in [1.54, 1.807) is 0 Å². The molecule has 0 saturated carbocycles. The molecule has 0 aliphatic heterocycles. The van der Waals surface area contributed by atoms with Crippen molar-refractivity contribution in [1.82, 2.24) is 4.72 Å². The van der Waals surface area contributed by atoms with Crippen LogP contribution in [0.5, 0.6) is 0 Å². The van der Waals surface area contributed by atoms with E-state index in [1.807, 2.05) is 13.8 Å². The Labute approximate surface area is 56.2 Å². The number of hydrogen-bond acceptors (Lipinski definition) is 3. The molecule has 0 bridgehead atoms. The van der Waals surface area contributed by atoms with Gasteiger partial charge in [0.25, 0.3) is 0 Å². The molecule has 3 heteroatoms. The molecule has 0 rings (SSSR count). The summed E-state index contributed by atoms with van der Waals surface area (Å²) in [5.41, 5.74) is 0. The minimum Gasteiger partial charge on any atom is -0.380 e. The number of nitrogens with one attached hydrogen (secondary N) is 1. The van der Waals surface area contributed by atoms with Crippen LogP contribution in [0.2, 0.25) is 0 Å². The standard InChI is InChI=1S/C5H13NOS/c1-3-7-4-5(2)6-8/h5-6,8H,3-4H2,1-2H3/t5-/m0/s1. The van der Waals surface area contributed by atoms with Gasteiger partial charge < -0.3 is 4.74 Å². The lowest BCUT2D eigenvalue weighted by Gasteiger charge is -2.07. The van der Waals surface area contributed by atoms with Gasteiger partial charge in [-0.15, -0.1) is 0 Å². The topological polar surface area (TPSA) is 21.3 Å². The van der Waals surface area contributed by atoms with Crippen molar-refractivity contribution < 1.29 is 4.74 Å². The van der Waals surface area contributed by atoms with E-state index in [0.29, 0.717) is 6.04 Å². The summed E-state index contributed by atoms with van der Waals surface area (Å²) in [6.45, 7) is 5.51. The van der Waals surface area contributed by atoms with E-state index in [1.165, 1.54) is 0 Å². The van der Waals surface area contributed by atoms with Gasteiger partial charge in [-0.3, -0.25) is 4.72 Å². The Hall–Kier alpha value is 0.270. The molecule has 0 aromatic carbocycles. The number of rotatable bonds is 4. The second-order valence-corrected chi connectivity index (χ2v) is 1.95. The summed E-state index contributed by atoms with van der Waals surface area (Å²) in [5.74, 6) is 0. The summed E-state index contributed by atoms with van der Waals surface area (Å²) in [6.07, 6.45) is 0. The zero-order chi connectivity index (χ0) is 6.41. The first-order chi connectivity index (χ1) is 3.81. The Morgan fingerprint density at radius 1 is 1.75 bits per heavy atom. The molecule has 8 heavy (non-hydrogen) atoms. The van der Waals surface area contributed by atoms with Gasteiger partial charge in [-0.1, -0.05) is 12.8 Å². The van der Waals surface area contributed by atoms with Crippen LogP contribution in [0.1, 0.15) is 13.8 Å². The quantitative estimate of drug-likeness (QED) is 0.557. The van der Waals surface area contributed by atoms with E-state index in [9.17, 15) is 0 Å². The van der Waals surface area contributed by atoms with Crippen LogP contribution in [0.15, 0.2) is 0 Å².